The van der Waals surface area contributed by atoms with E-state index in [2.05, 4.69) is 4.98 Å². The van der Waals surface area contributed by atoms with Crippen molar-refractivity contribution in [1.82, 2.24) is 4.98 Å². The van der Waals surface area contributed by atoms with Crippen molar-refractivity contribution >= 4 is 29.1 Å². The summed E-state index contributed by atoms with van der Waals surface area (Å²) in [4.78, 5) is 26.8. The van der Waals surface area contributed by atoms with Crippen LogP contribution in [0.2, 0.25) is 0 Å². The lowest BCUT2D eigenvalue weighted by Gasteiger charge is -2.21. The maximum absolute atomic E-state index is 11.8. The summed E-state index contributed by atoms with van der Waals surface area (Å²) >= 11 is 1.22. The number of aromatic nitrogens is 1. The van der Waals surface area contributed by atoms with Crippen molar-refractivity contribution < 1.29 is 19.4 Å². The number of rotatable bonds is 4. The number of hydrogen-bond acceptors (Lipinski definition) is 6. The number of carboxylic acids is 1. The highest BCUT2D eigenvalue weighted by Crippen LogP contribution is 2.19. The van der Waals surface area contributed by atoms with E-state index in [9.17, 15) is 9.59 Å². The Hall–Kier alpha value is -1.63. The molecule has 3 N–H and O–H groups in total. The minimum Gasteiger partial charge on any atom is -0.481 e. The number of thiazole rings is 1. The van der Waals surface area contributed by atoms with E-state index in [-0.39, 0.29) is 6.42 Å². The van der Waals surface area contributed by atoms with Gasteiger partial charge in [-0.3, -0.25) is 9.59 Å². The van der Waals surface area contributed by atoms with Gasteiger partial charge in [0.2, 0.25) is 0 Å². The number of anilines is 1. The van der Waals surface area contributed by atoms with Crippen LogP contribution in [0, 0.1) is 5.92 Å². The molecule has 1 heterocycles. The highest BCUT2D eigenvalue weighted by molar-refractivity contribution is 7.10. The molecule has 1 atom stereocenters. The molecule has 0 aliphatic heterocycles. The van der Waals surface area contributed by atoms with Gasteiger partial charge in [-0.15, -0.1) is 11.3 Å². The predicted molar refractivity (Wildman–Crippen MR) is 67.2 cm³/mol. The fraction of sp³-hybridized carbons (Fsp3) is 0.545. The van der Waals surface area contributed by atoms with Crippen molar-refractivity contribution in [2.45, 2.75) is 32.8 Å². The van der Waals surface area contributed by atoms with Crippen molar-refractivity contribution in [2.75, 3.05) is 5.73 Å². The Labute approximate surface area is 109 Å². The van der Waals surface area contributed by atoms with Crippen LogP contribution in [-0.2, 0) is 20.7 Å². The quantitative estimate of drug-likeness (QED) is 0.633. The molecule has 0 bridgehead atoms. The molecule has 7 heteroatoms. The first-order valence-corrected chi connectivity index (χ1v) is 6.22. The molecule has 0 saturated carbocycles. The number of carbonyl (C=O) groups is 2. The Morgan fingerprint density at radius 2 is 2.17 bits per heavy atom. The van der Waals surface area contributed by atoms with Crippen LogP contribution >= 0.6 is 11.3 Å². The first kappa shape index (κ1) is 14.4. The van der Waals surface area contributed by atoms with Crippen LogP contribution in [0.5, 0.6) is 0 Å². The highest BCUT2D eigenvalue weighted by Gasteiger charge is 2.32. The molecule has 0 saturated heterocycles. The second-order valence-corrected chi connectivity index (χ2v) is 5.74. The topological polar surface area (TPSA) is 103 Å². The molecule has 0 amide bonds. The molecule has 1 aromatic rings. The summed E-state index contributed by atoms with van der Waals surface area (Å²) in [5.41, 5.74) is 4.73. The molecular weight excluding hydrogens is 256 g/mol. The van der Waals surface area contributed by atoms with Crippen molar-refractivity contribution in [2.24, 2.45) is 5.92 Å². The average Bonchev–Trinajstić information content (AvgIpc) is 2.57. The molecule has 0 spiro atoms. The zero-order chi connectivity index (χ0) is 13.9. The Morgan fingerprint density at radius 1 is 1.56 bits per heavy atom. The summed E-state index contributed by atoms with van der Waals surface area (Å²) in [5, 5.41) is 11.2. The largest absolute Gasteiger partial charge is 0.481 e. The van der Waals surface area contributed by atoms with Crippen molar-refractivity contribution in [3.63, 3.8) is 0 Å². The molecule has 6 nitrogen and oxygen atoms in total. The van der Waals surface area contributed by atoms with E-state index in [1.54, 1.807) is 26.2 Å². The minimum absolute atomic E-state index is 0.00782. The van der Waals surface area contributed by atoms with Crippen LogP contribution in [0.3, 0.4) is 0 Å². The standard InChI is InChI=1S/C11H16N2O4S/c1-11(2,3)17-10(16)6(9(14)15)4-8-13-7(12)5-18-8/h5-6H,4,12H2,1-3H3,(H,14,15). The molecule has 18 heavy (non-hydrogen) atoms. The summed E-state index contributed by atoms with van der Waals surface area (Å²) in [6.45, 7) is 5.06. The van der Waals surface area contributed by atoms with Crippen LogP contribution in [0.4, 0.5) is 5.82 Å². The Morgan fingerprint density at radius 3 is 2.56 bits per heavy atom. The van der Waals surface area contributed by atoms with E-state index in [0.717, 1.165) is 0 Å². The van der Waals surface area contributed by atoms with E-state index in [4.69, 9.17) is 15.6 Å². The van der Waals surface area contributed by atoms with Crippen molar-refractivity contribution in [1.29, 1.82) is 0 Å². The van der Waals surface area contributed by atoms with Crippen molar-refractivity contribution in [3.05, 3.63) is 10.4 Å². The zero-order valence-electron chi connectivity index (χ0n) is 10.5. The summed E-state index contributed by atoms with van der Waals surface area (Å²) in [6, 6.07) is 0. The van der Waals surface area contributed by atoms with E-state index in [1.165, 1.54) is 11.3 Å². The van der Waals surface area contributed by atoms with Crippen LogP contribution in [0.25, 0.3) is 0 Å². The lowest BCUT2D eigenvalue weighted by Crippen LogP contribution is -2.33. The van der Waals surface area contributed by atoms with Gasteiger partial charge in [-0.25, -0.2) is 4.98 Å². The van der Waals surface area contributed by atoms with Gasteiger partial charge in [-0.05, 0) is 20.8 Å². The molecule has 0 aliphatic rings. The van der Waals surface area contributed by atoms with E-state index < -0.39 is 23.5 Å². The molecular formula is C11H16N2O4S. The van der Waals surface area contributed by atoms with Gasteiger partial charge in [-0.1, -0.05) is 0 Å². The average molecular weight is 272 g/mol. The van der Waals surface area contributed by atoms with Gasteiger partial charge in [0.15, 0.2) is 5.92 Å². The molecule has 1 unspecified atom stereocenters. The normalized spacial score (nSPS) is 13.1. The van der Waals surface area contributed by atoms with Gasteiger partial charge in [0.25, 0.3) is 0 Å². The Bertz CT molecular complexity index is 450. The van der Waals surface area contributed by atoms with Gasteiger partial charge in [0.05, 0.1) is 5.01 Å². The molecule has 0 fully saturated rings. The maximum atomic E-state index is 11.8. The summed E-state index contributed by atoms with van der Waals surface area (Å²) in [6.07, 6.45) is -0.00782. The number of hydrogen-bond donors (Lipinski definition) is 2. The number of nitrogen functional groups attached to an aromatic ring is 1. The molecule has 0 aromatic carbocycles. The SMILES string of the molecule is CC(C)(C)OC(=O)C(Cc1nc(N)cs1)C(=O)O. The van der Waals surface area contributed by atoms with E-state index >= 15 is 0 Å². The van der Waals surface area contributed by atoms with Crippen LogP contribution in [0.15, 0.2) is 5.38 Å². The number of nitrogens with two attached hydrogens (primary N) is 1. The third-order valence-corrected chi connectivity index (χ3v) is 2.83. The molecule has 1 rings (SSSR count). The number of esters is 1. The maximum Gasteiger partial charge on any atom is 0.321 e. The zero-order valence-corrected chi connectivity index (χ0v) is 11.3. The highest BCUT2D eigenvalue weighted by atomic mass is 32.1. The van der Waals surface area contributed by atoms with Gasteiger partial charge >= 0.3 is 11.9 Å². The van der Waals surface area contributed by atoms with Crippen LogP contribution < -0.4 is 5.73 Å². The van der Waals surface area contributed by atoms with Crippen LogP contribution in [0.1, 0.15) is 25.8 Å². The van der Waals surface area contributed by atoms with Gasteiger partial charge in [0.1, 0.15) is 11.4 Å². The smallest absolute Gasteiger partial charge is 0.321 e. The Balaban J connectivity index is 2.77. The fourth-order valence-corrected chi connectivity index (χ4v) is 1.97. The number of carbonyl (C=O) groups excluding carboxylic acids is 1. The lowest BCUT2D eigenvalue weighted by molar-refractivity contribution is -0.166. The number of ether oxygens (including phenoxy) is 1. The summed E-state index contributed by atoms with van der Waals surface area (Å²) in [7, 11) is 0. The fourth-order valence-electron chi connectivity index (χ4n) is 1.24. The van der Waals surface area contributed by atoms with Crippen LogP contribution in [-0.4, -0.2) is 27.6 Å². The third kappa shape index (κ3) is 4.33. The number of carboxylic acid groups (broad SMARTS) is 1. The summed E-state index contributed by atoms with van der Waals surface area (Å²) in [5.74, 6) is -2.92. The minimum atomic E-state index is -1.25. The van der Waals surface area contributed by atoms with E-state index in [0.29, 0.717) is 10.8 Å². The van der Waals surface area contributed by atoms with Gasteiger partial charge in [-0.2, -0.15) is 0 Å². The monoisotopic (exact) mass is 272 g/mol. The van der Waals surface area contributed by atoms with Gasteiger partial charge in [0, 0.05) is 11.8 Å². The van der Waals surface area contributed by atoms with Gasteiger partial charge < -0.3 is 15.6 Å². The predicted octanol–water partition coefficient (Wildman–Crippen LogP) is 1.31. The molecule has 100 valence electrons. The van der Waals surface area contributed by atoms with Crippen molar-refractivity contribution in [3.8, 4) is 0 Å². The lowest BCUT2D eigenvalue weighted by atomic mass is 10.1. The molecule has 0 radical (unpaired) electrons. The second kappa shape index (κ2) is 5.34. The first-order chi connectivity index (χ1) is 8.19. The first-order valence-electron chi connectivity index (χ1n) is 5.34. The molecule has 1 aromatic heterocycles. The third-order valence-electron chi connectivity index (χ3n) is 1.94. The summed E-state index contributed by atoms with van der Waals surface area (Å²) < 4.78 is 5.07. The second-order valence-electron chi connectivity index (χ2n) is 4.79. The van der Waals surface area contributed by atoms with E-state index in [1.807, 2.05) is 0 Å². The number of nitrogens with zero attached hydrogens (tertiary/aromatic N) is 1. The number of aliphatic carboxylic acids is 1. The molecule has 0 aliphatic carbocycles. The Kier molecular flexibility index (Phi) is 4.28.